The van der Waals surface area contributed by atoms with Gasteiger partial charge in [-0.05, 0) is 454 Å². The topological polar surface area (TPSA) is 295 Å². The van der Waals surface area contributed by atoms with Crippen molar-refractivity contribution in [2.75, 3.05) is 0 Å². The van der Waals surface area contributed by atoms with Gasteiger partial charge < -0.3 is 64.3 Å². The number of nitrogens with zero attached hydrogens (tertiary/aromatic N) is 1. The van der Waals surface area contributed by atoms with Crippen molar-refractivity contribution in [1.29, 1.82) is 0 Å². The van der Waals surface area contributed by atoms with E-state index in [9.17, 15) is 59.8 Å². The van der Waals surface area contributed by atoms with Crippen LogP contribution >= 0.6 is 15.9 Å². The average Bonchev–Trinajstić information content (AvgIpc) is 1.47. The van der Waals surface area contributed by atoms with E-state index >= 15 is 0 Å². The van der Waals surface area contributed by atoms with Gasteiger partial charge in [0.2, 0.25) is 0 Å². The first-order chi connectivity index (χ1) is 66.1. The minimum absolute atomic E-state index is 0.00586. The number of ether oxygens (including phenoxy) is 6. The summed E-state index contributed by atoms with van der Waals surface area (Å²) in [6.45, 7) is 64.5. The molecule has 808 valence electrons. The number of alkyl halides is 1. The fraction of sp³-hybridized carbons (Fsp3) is 0.919. The highest BCUT2D eigenvalue weighted by Gasteiger charge is 2.90. The Morgan fingerprint density at radius 3 is 1.03 bits per heavy atom. The predicted molar refractivity (Wildman–Crippen MR) is 560 cm³/mol. The quantitative estimate of drug-likeness (QED) is 0.0463. The van der Waals surface area contributed by atoms with E-state index in [1.54, 1.807) is 0 Å². The molecule has 12 unspecified atom stereocenters. The second-order valence-electron chi connectivity index (χ2n) is 62.7. The maximum atomic E-state index is 13.2. The highest BCUT2D eigenvalue weighted by Crippen LogP contribution is 2.95. The molecule has 20 heteroatoms. The molecule has 20 aliphatic carbocycles. The summed E-state index contributed by atoms with van der Waals surface area (Å²) in [5, 5.41) is 80.7. The number of carbonyl (C=O) groups excluding carboxylic acids is 5. The van der Waals surface area contributed by atoms with Crippen LogP contribution in [0.25, 0.3) is 0 Å². The third kappa shape index (κ3) is 13.5. The highest BCUT2D eigenvalue weighted by molar-refractivity contribution is 9.10. The van der Waals surface area contributed by atoms with E-state index in [0.29, 0.717) is 80.6 Å². The summed E-state index contributed by atoms with van der Waals surface area (Å²) in [5.74, 6) is 5.09. The number of aliphatic hydroxyl groups is 6. The first-order valence-electron chi connectivity index (χ1n) is 58.2. The number of esters is 2. The van der Waals surface area contributed by atoms with E-state index in [1.165, 1.54) is 90.9 Å². The molecule has 4 saturated heterocycles. The maximum Gasteiger partial charge on any atom is 0.303 e. The van der Waals surface area contributed by atoms with Crippen molar-refractivity contribution in [3.63, 3.8) is 0 Å². The minimum atomic E-state index is -0.863. The number of oxime groups is 1. The molecule has 7 N–H and O–H groups in total. The average molecular weight is 2060 g/mol. The lowest BCUT2D eigenvalue weighted by Crippen LogP contribution is -2.60. The van der Waals surface area contributed by atoms with Crippen LogP contribution in [0.4, 0.5) is 0 Å². The molecule has 22 fully saturated rings. The summed E-state index contributed by atoms with van der Waals surface area (Å²) < 4.78 is 38.9. The van der Waals surface area contributed by atoms with Crippen LogP contribution in [0, 0.1) is 179 Å². The monoisotopic (exact) mass is 2060 g/mol. The van der Waals surface area contributed by atoms with Gasteiger partial charge in [0.15, 0.2) is 17.3 Å². The van der Waals surface area contributed by atoms with Crippen molar-refractivity contribution in [3.8, 4) is 0 Å². The van der Waals surface area contributed by atoms with Gasteiger partial charge in [-0.15, -0.1) is 0 Å². The van der Waals surface area contributed by atoms with Crippen LogP contribution in [-0.4, -0.2) is 169 Å². The van der Waals surface area contributed by atoms with Gasteiger partial charge in [-0.1, -0.05) is 144 Å². The Labute approximate surface area is 873 Å². The van der Waals surface area contributed by atoms with Crippen LogP contribution in [0.3, 0.4) is 0 Å². The summed E-state index contributed by atoms with van der Waals surface area (Å²) in [4.78, 5) is 63.3. The summed E-state index contributed by atoms with van der Waals surface area (Å²) in [5.41, 5.74) is -2.44. The summed E-state index contributed by atoms with van der Waals surface area (Å²) in [7, 11) is 0. The lowest BCUT2D eigenvalue weighted by atomic mass is 9.41. The standard InChI is InChI=1S/C34H50O6.C30H47BrO4.C30H49NO4.C30H46O4/c1-20(35)38-22-18-31(8)24-11-10-23-28(3,4)25(37)12-15-33(23)19-34(24,33)17-16-30(31,7)27(22)32(9)14-13-26(40-32)29(5,6)39-21(2)36;1-24(2)19-8-9-20-27(6)15-18(32)22(28(7)11-10-21(35-28)25(3,4)34)26(27,5)12-13-29(20)16-30(19,29)14-17(31)23(24)33;1-24(2)19-8-9-20-27(6)16-18(32)23(28(7)12-11-22(35-28)25(3,4)33)26(27,5)14-15-30(20)17-29(19,30)13-10-21(24)31-34;1-24(2)19-8-9-20-27(6)16-18(31)23(28(7)12-11-22(34-28)25(3,4)33)26(27,5)14-15-30(20)17-29(19,30)13-10-21(24)32/h12,15,22-24,26-27H,10-11,13-14,16-19H2,1-9H3;17-22,32,34H,8-16H2,1-7H3;18-20,22-23,32-34H,8-17H2,1-7H3;10,13,18-20,22-23,31,33H,8-9,11-12,14-17H2,1-7H3/b;;31-21+;/t22-,23?,24?,26+,27?,30+,31-,32-,33+,34-;17-,18+,19?,20?,21-,22?,26-,27+,28+,29+,30-;2*18-,19?,20?,22+,23?,26+,27-,28-,29+,30-/m0100/s1. The molecule has 18 saturated carbocycles. The van der Waals surface area contributed by atoms with Crippen molar-refractivity contribution in [2.24, 2.45) is 184 Å². The predicted octanol–water partition coefficient (Wildman–Crippen LogP) is 24.0. The number of rotatable bonds is 10. The van der Waals surface area contributed by atoms with Gasteiger partial charge in [-0.3, -0.25) is 24.0 Å². The van der Waals surface area contributed by atoms with E-state index in [0.717, 1.165) is 153 Å². The summed E-state index contributed by atoms with van der Waals surface area (Å²) in [6.07, 6.45) is 43.5. The molecule has 0 bridgehead atoms. The van der Waals surface area contributed by atoms with Crippen molar-refractivity contribution in [1.82, 2.24) is 0 Å². The third-order valence-electron chi connectivity index (χ3n) is 54.2. The van der Waals surface area contributed by atoms with Crippen LogP contribution < -0.4 is 0 Å². The van der Waals surface area contributed by atoms with E-state index in [2.05, 4.69) is 172 Å². The second kappa shape index (κ2) is 31.7. The molecule has 0 radical (unpaired) electrons. The SMILES string of the molecule is CC(=O)O[C@H]1C[C@@]2(C)C3CCC4C(C)(C)C(=O)C=C[C@@]45C[C@@]35CC[C@]2(C)C1[C@]1(C)CC[C@H](C(C)(C)OC(C)=O)O1.CC1(C)/C(=N/O)CC[C@]23C[C@]24CC[C@]2(C)C([C@]5(C)CC[C@H](C(C)(C)O)O5)[C@@H](O)C[C@@]2(C)C4CCC13.CC1(C)C(=O)C=C[C@]23C[C@]24CC[C@]2(C)C([C@]5(C)CC[C@H](C(C)(C)O)O5)[C@@H](O)C[C@@]2(C)C4CCC13.CC1(C)C(=O)[C@H](Br)C[C@]23C[C@]24CC[C@]2(C)C([C@]5(C)CC[C@H](C(C)(C)O)O5)[C@@H](O)C[C@@]2(C)C4CCC13. The first kappa shape index (κ1) is 107. The fourth-order valence-corrected chi connectivity index (χ4v) is 48.6. The number of aliphatic hydroxyl groups excluding tert-OH is 3. The second-order valence-corrected chi connectivity index (χ2v) is 63.8. The Hall–Kier alpha value is -3.02. The van der Waals surface area contributed by atoms with Gasteiger partial charge in [0.1, 0.15) is 11.7 Å². The molecule has 4 aliphatic heterocycles. The number of hydrogen-bond donors (Lipinski definition) is 7. The highest BCUT2D eigenvalue weighted by atomic mass is 79.9. The fourth-order valence-electron chi connectivity index (χ4n) is 47.4. The van der Waals surface area contributed by atoms with E-state index in [4.69, 9.17) is 28.4 Å². The molecule has 144 heavy (non-hydrogen) atoms. The summed E-state index contributed by atoms with van der Waals surface area (Å²) >= 11 is 3.81. The molecular formula is C124H192BrNO18. The van der Waals surface area contributed by atoms with Gasteiger partial charge in [-0.25, -0.2) is 0 Å². The van der Waals surface area contributed by atoms with Crippen LogP contribution in [0.2, 0.25) is 0 Å². The Morgan fingerprint density at radius 1 is 0.354 bits per heavy atom. The van der Waals surface area contributed by atoms with E-state index in [-0.39, 0.29) is 182 Å². The van der Waals surface area contributed by atoms with Crippen LogP contribution in [0.15, 0.2) is 29.5 Å². The molecule has 24 aliphatic rings. The number of fused-ring (bicyclic) bond motifs is 8. The molecule has 0 amide bonds. The smallest absolute Gasteiger partial charge is 0.303 e. The molecule has 8 spiro atoms. The Balaban J connectivity index is 0.000000113. The number of ketones is 3. The van der Waals surface area contributed by atoms with E-state index < -0.39 is 44.8 Å². The van der Waals surface area contributed by atoms with E-state index in [1.807, 2.05) is 67.5 Å². The Morgan fingerprint density at radius 2 is 0.667 bits per heavy atom. The lowest BCUT2D eigenvalue weighted by molar-refractivity contribution is -0.203. The molecule has 0 aromatic carbocycles. The van der Waals surface area contributed by atoms with Gasteiger partial charge >= 0.3 is 11.9 Å². The maximum absolute atomic E-state index is 13.2. The number of hydrogen-bond acceptors (Lipinski definition) is 19. The van der Waals surface area contributed by atoms with Crippen LogP contribution in [0.1, 0.15) is 432 Å². The van der Waals surface area contributed by atoms with Crippen molar-refractivity contribution < 1.29 is 88.2 Å². The Bertz CT molecular complexity index is 5340. The lowest BCUT2D eigenvalue weighted by Gasteiger charge is -2.63. The number of halogens is 1. The van der Waals surface area contributed by atoms with Gasteiger partial charge in [0.25, 0.3) is 0 Å². The molecule has 4 heterocycles. The van der Waals surface area contributed by atoms with Crippen molar-refractivity contribution in [3.05, 3.63) is 24.3 Å². The zero-order valence-corrected chi connectivity index (χ0v) is 96.2. The zero-order chi connectivity index (χ0) is 105. The van der Waals surface area contributed by atoms with Crippen LogP contribution in [-0.2, 0) is 52.4 Å². The molecule has 24 rings (SSSR count). The zero-order valence-electron chi connectivity index (χ0n) is 94.6. The molecule has 0 aromatic rings. The molecule has 19 nitrogen and oxygen atoms in total. The first-order valence-corrected chi connectivity index (χ1v) is 59.1. The van der Waals surface area contributed by atoms with Gasteiger partial charge in [0, 0.05) is 59.2 Å². The molecule has 41 atom stereocenters. The molecular weight excluding hydrogens is 1870 g/mol. The van der Waals surface area contributed by atoms with Crippen LogP contribution in [0.5, 0.6) is 0 Å². The largest absolute Gasteiger partial charge is 0.462 e. The normalized spacial score (nSPS) is 55.9. The number of allylic oxidation sites excluding steroid dienone is 4. The third-order valence-corrected chi connectivity index (χ3v) is 54.9. The Kier molecular flexibility index (Phi) is 23.5. The summed E-state index contributed by atoms with van der Waals surface area (Å²) in [6, 6.07) is 0. The molecule has 0 aromatic heterocycles. The van der Waals surface area contributed by atoms with Gasteiger partial charge in [-0.2, -0.15) is 0 Å². The number of carbonyl (C=O) groups is 5. The number of Topliss-reactive ketones (excluding diaryl/α,β-unsaturated/α-hetero) is 1. The van der Waals surface area contributed by atoms with Crippen molar-refractivity contribution >= 4 is 50.9 Å². The van der Waals surface area contributed by atoms with Crippen molar-refractivity contribution in [2.45, 2.75) is 531 Å². The van der Waals surface area contributed by atoms with Gasteiger partial charge in [0.05, 0.1) is 92.5 Å². The minimum Gasteiger partial charge on any atom is -0.462 e.